The van der Waals surface area contributed by atoms with Crippen LogP contribution in [0.1, 0.15) is 53.9 Å². The molecule has 0 bridgehead atoms. The van der Waals surface area contributed by atoms with E-state index in [-0.39, 0.29) is 42.2 Å². The topological polar surface area (TPSA) is 125 Å². The number of aromatic hydroxyl groups is 1. The summed E-state index contributed by atoms with van der Waals surface area (Å²) in [4.78, 5) is 14.5. The molecule has 148 valence electrons. The number of aliphatic hydroxyl groups is 2. The van der Waals surface area contributed by atoms with Crippen LogP contribution >= 0.6 is 0 Å². The van der Waals surface area contributed by atoms with E-state index in [1.165, 1.54) is 6.42 Å². The van der Waals surface area contributed by atoms with Crippen LogP contribution in [0.25, 0.3) is 0 Å². The summed E-state index contributed by atoms with van der Waals surface area (Å²) in [6.07, 6.45) is 2.31. The van der Waals surface area contributed by atoms with Crippen LogP contribution in [0.15, 0.2) is 6.07 Å². The number of carbonyl (C=O) groups is 1. The number of hydrogen-bond donors (Lipinski definition) is 4. The molecule has 0 spiro atoms. The number of carbonyl (C=O) groups excluding carboxylic acids is 1. The number of nitrogens with zero attached hydrogens (tertiary/aromatic N) is 1. The van der Waals surface area contributed by atoms with E-state index in [1.54, 1.807) is 6.07 Å². The van der Waals surface area contributed by atoms with Gasteiger partial charge >= 0.3 is 0 Å². The summed E-state index contributed by atoms with van der Waals surface area (Å²) in [5.41, 5.74) is 6.14. The number of benzene rings is 1. The second-order valence-electron chi connectivity index (χ2n) is 7.66. The molecule has 1 saturated heterocycles. The van der Waals surface area contributed by atoms with Gasteiger partial charge in [0.05, 0.1) is 17.8 Å². The number of piperidine rings is 1. The molecule has 8 heteroatoms. The van der Waals surface area contributed by atoms with Crippen molar-refractivity contribution in [1.82, 2.24) is 4.90 Å². The Morgan fingerprint density at radius 3 is 2.52 bits per heavy atom. The van der Waals surface area contributed by atoms with Crippen molar-refractivity contribution in [2.75, 3.05) is 19.9 Å². The molecular weight excluding hydrogens is 352 g/mol. The van der Waals surface area contributed by atoms with Gasteiger partial charge in [-0.15, -0.1) is 0 Å². The molecule has 1 aliphatic carbocycles. The quantitative estimate of drug-likeness (QED) is 0.609. The standard InChI is InChI=1S/C19H26N2O6/c20-19(25)16-11(7-15-18(17(16)24)27-9-26-15)10-6-13(22)14(23)8-12(10)21-4-2-1-3-5-21/h7,10,12-14,22-24H,1-6,8-9H2,(H2,20,25)/t10?,12?,13?,14-/m1/s1. The van der Waals surface area contributed by atoms with Gasteiger partial charge in [-0.05, 0) is 50.4 Å². The number of fused-ring (bicyclic) bond motifs is 1. The zero-order valence-corrected chi connectivity index (χ0v) is 15.1. The molecule has 3 aliphatic rings. The SMILES string of the molecule is NC(=O)c1c(C2CC(O)[C@H](O)CC2N2CCCCC2)cc2c(c1O)OCO2. The van der Waals surface area contributed by atoms with Crippen molar-refractivity contribution in [2.24, 2.45) is 5.73 Å². The largest absolute Gasteiger partial charge is 0.504 e. The summed E-state index contributed by atoms with van der Waals surface area (Å²) in [7, 11) is 0. The molecule has 2 heterocycles. The fourth-order valence-corrected chi connectivity index (χ4v) is 4.73. The Balaban J connectivity index is 1.78. The highest BCUT2D eigenvalue weighted by Crippen LogP contribution is 2.49. The summed E-state index contributed by atoms with van der Waals surface area (Å²) < 4.78 is 10.7. The summed E-state index contributed by atoms with van der Waals surface area (Å²) in [5.74, 6) is -0.835. The third kappa shape index (κ3) is 3.22. The Morgan fingerprint density at radius 2 is 1.81 bits per heavy atom. The van der Waals surface area contributed by atoms with Gasteiger partial charge in [0.25, 0.3) is 5.91 Å². The highest BCUT2D eigenvalue weighted by atomic mass is 16.7. The van der Waals surface area contributed by atoms with Gasteiger partial charge in [0.2, 0.25) is 12.5 Å². The monoisotopic (exact) mass is 378 g/mol. The van der Waals surface area contributed by atoms with Crippen LogP contribution in [0, 0.1) is 0 Å². The van der Waals surface area contributed by atoms with Crippen molar-refractivity contribution in [3.63, 3.8) is 0 Å². The first-order valence-corrected chi connectivity index (χ1v) is 9.52. The lowest BCUT2D eigenvalue weighted by Crippen LogP contribution is -2.51. The molecule has 4 atom stereocenters. The molecule has 27 heavy (non-hydrogen) atoms. The highest BCUT2D eigenvalue weighted by Gasteiger charge is 2.42. The van der Waals surface area contributed by atoms with E-state index in [0.29, 0.717) is 17.7 Å². The fraction of sp³-hybridized carbons (Fsp3) is 0.632. The summed E-state index contributed by atoms with van der Waals surface area (Å²) in [5, 5.41) is 31.2. The molecule has 1 aromatic carbocycles. The average molecular weight is 378 g/mol. The molecule has 1 aromatic rings. The van der Waals surface area contributed by atoms with E-state index in [4.69, 9.17) is 15.2 Å². The minimum atomic E-state index is -0.899. The number of ether oxygens (including phenoxy) is 2. The lowest BCUT2D eigenvalue weighted by molar-refractivity contribution is -0.0493. The Hall–Kier alpha value is -2.03. The highest BCUT2D eigenvalue weighted by molar-refractivity contribution is 5.99. The lowest BCUT2D eigenvalue weighted by Gasteiger charge is -2.45. The molecule has 5 N–H and O–H groups in total. The normalized spacial score (nSPS) is 31.0. The Morgan fingerprint density at radius 1 is 1.11 bits per heavy atom. The maximum atomic E-state index is 12.2. The number of amides is 1. The van der Waals surface area contributed by atoms with Crippen molar-refractivity contribution in [2.45, 2.75) is 56.3 Å². The van der Waals surface area contributed by atoms with Gasteiger partial charge in [0.15, 0.2) is 11.5 Å². The smallest absolute Gasteiger partial charge is 0.252 e. The van der Waals surface area contributed by atoms with Crippen LogP contribution < -0.4 is 15.2 Å². The van der Waals surface area contributed by atoms with Crippen LogP contribution in [0.3, 0.4) is 0 Å². The van der Waals surface area contributed by atoms with Crippen molar-refractivity contribution < 1.29 is 29.6 Å². The van der Waals surface area contributed by atoms with Crippen molar-refractivity contribution in [1.29, 1.82) is 0 Å². The number of aliphatic hydroxyl groups excluding tert-OH is 2. The lowest BCUT2D eigenvalue weighted by atomic mass is 9.74. The number of primary amides is 1. The minimum Gasteiger partial charge on any atom is -0.504 e. The van der Waals surface area contributed by atoms with E-state index in [0.717, 1.165) is 25.9 Å². The molecule has 4 rings (SSSR count). The molecule has 8 nitrogen and oxygen atoms in total. The van der Waals surface area contributed by atoms with E-state index >= 15 is 0 Å². The zero-order chi connectivity index (χ0) is 19.1. The van der Waals surface area contributed by atoms with E-state index in [2.05, 4.69) is 4.90 Å². The van der Waals surface area contributed by atoms with Crippen molar-refractivity contribution in [3.8, 4) is 17.2 Å². The molecule has 1 amide bonds. The molecule has 2 aliphatic heterocycles. The first kappa shape index (κ1) is 18.3. The van der Waals surface area contributed by atoms with Crippen LogP contribution in [0.4, 0.5) is 0 Å². The van der Waals surface area contributed by atoms with Crippen LogP contribution in [0.5, 0.6) is 17.2 Å². The van der Waals surface area contributed by atoms with E-state index in [9.17, 15) is 20.1 Å². The van der Waals surface area contributed by atoms with Crippen molar-refractivity contribution >= 4 is 5.91 Å². The van der Waals surface area contributed by atoms with Gasteiger partial charge < -0.3 is 30.5 Å². The van der Waals surface area contributed by atoms with Gasteiger partial charge in [0.1, 0.15) is 0 Å². The third-order valence-corrected chi connectivity index (χ3v) is 6.06. The molecule has 0 radical (unpaired) electrons. The zero-order valence-electron chi connectivity index (χ0n) is 15.1. The number of hydrogen-bond acceptors (Lipinski definition) is 7. The number of nitrogens with two attached hydrogens (primary N) is 1. The summed E-state index contributed by atoms with van der Waals surface area (Å²) >= 11 is 0. The van der Waals surface area contributed by atoms with Gasteiger partial charge in [-0.1, -0.05) is 6.42 Å². The Bertz CT molecular complexity index is 733. The summed E-state index contributed by atoms with van der Waals surface area (Å²) in [6, 6.07) is 1.63. The Labute approximate surface area is 157 Å². The first-order valence-electron chi connectivity index (χ1n) is 9.52. The van der Waals surface area contributed by atoms with E-state index in [1.807, 2.05) is 0 Å². The number of rotatable bonds is 3. The summed E-state index contributed by atoms with van der Waals surface area (Å²) in [6.45, 7) is 1.78. The number of likely N-dealkylation sites (tertiary alicyclic amines) is 1. The van der Waals surface area contributed by atoms with Crippen LogP contribution in [-0.2, 0) is 0 Å². The predicted octanol–water partition coefficient (Wildman–Crippen LogP) is 0.673. The molecule has 1 saturated carbocycles. The van der Waals surface area contributed by atoms with Gasteiger partial charge in [-0.3, -0.25) is 9.69 Å². The van der Waals surface area contributed by atoms with Crippen LogP contribution in [0.2, 0.25) is 0 Å². The van der Waals surface area contributed by atoms with Gasteiger partial charge in [-0.2, -0.15) is 0 Å². The van der Waals surface area contributed by atoms with Crippen LogP contribution in [-0.4, -0.2) is 64.3 Å². The maximum absolute atomic E-state index is 12.2. The third-order valence-electron chi connectivity index (χ3n) is 6.06. The average Bonchev–Trinajstić information content (AvgIpc) is 3.13. The van der Waals surface area contributed by atoms with Gasteiger partial charge in [-0.25, -0.2) is 0 Å². The Kier molecular flexibility index (Phi) is 4.88. The van der Waals surface area contributed by atoms with Gasteiger partial charge in [0, 0.05) is 12.0 Å². The molecular formula is C19H26N2O6. The van der Waals surface area contributed by atoms with E-state index < -0.39 is 18.1 Å². The molecule has 2 fully saturated rings. The second kappa shape index (κ2) is 7.18. The molecule has 0 aromatic heterocycles. The first-order chi connectivity index (χ1) is 13.0. The second-order valence-corrected chi connectivity index (χ2v) is 7.66. The maximum Gasteiger partial charge on any atom is 0.252 e. The number of phenols is 1. The fourth-order valence-electron chi connectivity index (χ4n) is 4.73. The van der Waals surface area contributed by atoms with Crippen molar-refractivity contribution in [3.05, 3.63) is 17.2 Å². The minimum absolute atomic E-state index is 0.00912. The molecule has 3 unspecified atom stereocenters. The predicted molar refractivity (Wildman–Crippen MR) is 95.9 cm³/mol.